The normalized spacial score (nSPS) is 21.0. The van der Waals surface area contributed by atoms with Gasteiger partial charge in [-0.3, -0.25) is 9.59 Å². The first-order chi connectivity index (χ1) is 21.0. The molecule has 6 rings (SSSR count). The number of hydrogen-bond donors (Lipinski definition) is 4. The molecule has 44 heavy (non-hydrogen) atoms. The summed E-state index contributed by atoms with van der Waals surface area (Å²) in [4.78, 5) is 30.8. The number of pyridine rings is 1. The fraction of sp³-hybridized carbons (Fsp3) is 0.424. The zero-order valence-corrected chi connectivity index (χ0v) is 24.6. The van der Waals surface area contributed by atoms with E-state index in [2.05, 4.69) is 5.32 Å². The molecule has 2 fully saturated rings. The van der Waals surface area contributed by atoms with E-state index in [-0.39, 0.29) is 37.5 Å². The molecule has 1 unspecified atom stereocenters. The number of aliphatic hydroxyl groups excluding tert-OH is 1. The van der Waals surface area contributed by atoms with Gasteiger partial charge in [0, 0.05) is 16.7 Å². The number of hydrogen-bond acceptors (Lipinski definition) is 8. The summed E-state index contributed by atoms with van der Waals surface area (Å²) in [6.07, 6.45) is 2.64. The maximum atomic E-state index is 13.8. The standard InChI is InChI=1S/C33H36FN3O7/c1-18(38)15-42-25-12-5-20(13-26(25)44-23-10-11-23)30(39)36-16-33(41,21-6-7-21)27-14-24-29(43-17-32(24,2)31(35)40)28(37-27)19-3-8-22(34)9-4-19/h3-5,8-9,12-14,18,21,23,38,41H,6-7,10-11,15-17H2,1-2H3,(H2,35,40)(H,36,39)/t18-,32+,33?/m1/s1. The summed E-state index contributed by atoms with van der Waals surface area (Å²) in [5.41, 5.74) is 4.99. The van der Waals surface area contributed by atoms with E-state index >= 15 is 0 Å². The predicted molar refractivity (Wildman–Crippen MR) is 158 cm³/mol. The Labute approximate surface area is 254 Å². The molecule has 1 aromatic heterocycles. The van der Waals surface area contributed by atoms with Crippen LogP contribution in [0.15, 0.2) is 48.5 Å². The van der Waals surface area contributed by atoms with Gasteiger partial charge in [0.1, 0.15) is 41.5 Å². The number of halogens is 1. The van der Waals surface area contributed by atoms with E-state index in [1.807, 2.05) is 0 Å². The van der Waals surface area contributed by atoms with Crippen LogP contribution in [-0.4, -0.2) is 59.0 Å². The lowest BCUT2D eigenvalue weighted by Gasteiger charge is -2.30. The van der Waals surface area contributed by atoms with E-state index in [1.54, 1.807) is 50.2 Å². The van der Waals surface area contributed by atoms with Crippen molar-refractivity contribution in [3.63, 3.8) is 0 Å². The van der Waals surface area contributed by atoms with Gasteiger partial charge in [0.25, 0.3) is 5.91 Å². The number of ether oxygens (including phenoxy) is 3. The van der Waals surface area contributed by atoms with Crippen molar-refractivity contribution in [3.05, 3.63) is 71.2 Å². The lowest BCUT2D eigenvalue weighted by atomic mass is 9.81. The molecule has 0 radical (unpaired) electrons. The average molecular weight is 606 g/mol. The first kappa shape index (κ1) is 29.8. The van der Waals surface area contributed by atoms with Crippen LogP contribution in [0, 0.1) is 11.7 Å². The van der Waals surface area contributed by atoms with Crippen molar-refractivity contribution in [3.8, 4) is 28.5 Å². The SMILES string of the molecule is C[C@@H](O)COc1ccc(C(=O)NCC(O)(c2cc3c(c(-c4ccc(F)cc4)n2)OC[C@]3(C)C(N)=O)C2CC2)cc1OC1CC1. The minimum atomic E-state index is -1.58. The molecular weight excluding hydrogens is 569 g/mol. The van der Waals surface area contributed by atoms with Crippen molar-refractivity contribution in [2.24, 2.45) is 11.7 Å². The number of carbonyl (C=O) groups is 2. The molecule has 2 aromatic carbocycles. The highest BCUT2D eigenvalue weighted by Gasteiger charge is 2.50. The van der Waals surface area contributed by atoms with E-state index in [1.165, 1.54) is 12.1 Å². The summed E-state index contributed by atoms with van der Waals surface area (Å²) in [7, 11) is 0. The van der Waals surface area contributed by atoms with Gasteiger partial charge in [-0.05, 0) is 94.0 Å². The fourth-order valence-electron chi connectivity index (χ4n) is 5.37. The molecule has 11 heteroatoms. The average Bonchev–Trinajstić information content (AvgIpc) is 3.94. The fourth-order valence-corrected chi connectivity index (χ4v) is 5.37. The van der Waals surface area contributed by atoms with E-state index in [0.29, 0.717) is 39.6 Å². The van der Waals surface area contributed by atoms with Crippen LogP contribution >= 0.6 is 0 Å². The Morgan fingerprint density at radius 3 is 2.52 bits per heavy atom. The number of carbonyl (C=O) groups excluding carboxylic acids is 2. The second kappa shape index (κ2) is 11.4. The number of rotatable bonds is 12. The molecule has 0 saturated heterocycles. The van der Waals surface area contributed by atoms with Gasteiger partial charge in [0.2, 0.25) is 5.91 Å². The Morgan fingerprint density at radius 2 is 1.89 bits per heavy atom. The zero-order valence-electron chi connectivity index (χ0n) is 24.6. The summed E-state index contributed by atoms with van der Waals surface area (Å²) < 4.78 is 31.3. The van der Waals surface area contributed by atoms with Gasteiger partial charge in [-0.15, -0.1) is 0 Å². The van der Waals surface area contributed by atoms with Crippen molar-refractivity contribution >= 4 is 11.8 Å². The molecule has 5 N–H and O–H groups in total. The number of amides is 2. The number of nitrogens with two attached hydrogens (primary N) is 1. The van der Waals surface area contributed by atoms with Crippen molar-refractivity contribution in [1.82, 2.24) is 10.3 Å². The Kier molecular flexibility index (Phi) is 7.71. The number of aromatic nitrogens is 1. The summed E-state index contributed by atoms with van der Waals surface area (Å²) in [5.74, 6) is -0.447. The minimum absolute atomic E-state index is 0.00221. The van der Waals surface area contributed by atoms with Crippen molar-refractivity contribution in [1.29, 1.82) is 0 Å². The summed E-state index contributed by atoms with van der Waals surface area (Å²) >= 11 is 0. The molecule has 1 aliphatic heterocycles. The first-order valence-corrected chi connectivity index (χ1v) is 14.8. The van der Waals surface area contributed by atoms with Crippen LogP contribution in [0.3, 0.4) is 0 Å². The van der Waals surface area contributed by atoms with Gasteiger partial charge in [0.15, 0.2) is 11.5 Å². The van der Waals surface area contributed by atoms with Crippen LogP contribution in [0.25, 0.3) is 11.3 Å². The van der Waals surface area contributed by atoms with E-state index in [9.17, 15) is 24.2 Å². The molecular formula is C33H36FN3O7. The molecule has 232 valence electrons. The maximum absolute atomic E-state index is 13.8. The molecule has 3 aliphatic rings. The molecule has 0 bridgehead atoms. The Balaban J connectivity index is 1.31. The number of nitrogens with one attached hydrogen (secondary N) is 1. The van der Waals surface area contributed by atoms with Gasteiger partial charge in [-0.25, -0.2) is 9.37 Å². The van der Waals surface area contributed by atoms with Gasteiger partial charge in [-0.2, -0.15) is 0 Å². The first-order valence-electron chi connectivity index (χ1n) is 14.8. The Morgan fingerprint density at radius 1 is 1.16 bits per heavy atom. The second-order valence-corrected chi connectivity index (χ2v) is 12.2. The molecule has 3 atom stereocenters. The molecule has 3 aromatic rings. The predicted octanol–water partition coefficient (Wildman–Crippen LogP) is 3.35. The van der Waals surface area contributed by atoms with Crippen LogP contribution in [0.4, 0.5) is 4.39 Å². The molecule has 2 amide bonds. The largest absolute Gasteiger partial charge is 0.489 e. The Hall–Kier alpha value is -4.22. The van der Waals surface area contributed by atoms with Crippen molar-refractivity contribution < 1.29 is 38.4 Å². The summed E-state index contributed by atoms with van der Waals surface area (Å²) in [6, 6.07) is 12.2. The van der Waals surface area contributed by atoms with Crippen molar-refractivity contribution in [2.75, 3.05) is 19.8 Å². The van der Waals surface area contributed by atoms with Crippen molar-refractivity contribution in [2.45, 2.75) is 62.8 Å². The van der Waals surface area contributed by atoms with Crippen LogP contribution in [-0.2, 0) is 15.8 Å². The topological polar surface area (TPSA) is 153 Å². The van der Waals surface area contributed by atoms with Gasteiger partial charge < -0.3 is 35.5 Å². The number of nitrogens with zero attached hydrogens (tertiary/aromatic N) is 1. The highest BCUT2D eigenvalue weighted by Crippen LogP contribution is 2.50. The number of benzene rings is 2. The lowest BCUT2D eigenvalue weighted by molar-refractivity contribution is -0.123. The monoisotopic (exact) mass is 605 g/mol. The van der Waals surface area contributed by atoms with E-state index in [4.69, 9.17) is 24.9 Å². The number of primary amides is 1. The summed E-state index contributed by atoms with van der Waals surface area (Å²) in [5, 5.41) is 24.7. The third-order valence-corrected chi connectivity index (χ3v) is 8.45. The van der Waals surface area contributed by atoms with Gasteiger partial charge in [0.05, 0.1) is 24.4 Å². The zero-order chi connectivity index (χ0) is 31.2. The summed E-state index contributed by atoms with van der Waals surface area (Å²) in [6.45, 7) is 3.21. The van der Waals surface area contributed by atoms with E-state index < -0.39 is 34.8 Å². The molecule has 2 heterocycles. The van der Waals surface area contributed by atoms with Crippen LogP contribution in [0.5, 0.6) is 17.2 Å². The quantitative estimate of drug-likeness (QED) is 0.245. The third-order valence-electron chi connectivity index (χ3n) is 8.45. The molecule has 2 saturated carbocycles. The molecule has 0 spiro atoms. The smallest absolute Gasteiger partial charge is 0.251 e. The maximum Gasteiger partial charge on any atom is 0.251 e. The lowest BCUT2D eigenvalue weighted by Crippen LogP contribution is -2.44. The van der Waals surface area contributed by atoms with E-state index in [0.717, 1.165) is 25.7 Å². The van der Waals surface area contributed by atoms with Gasteiger partial charge in [-0.1, -0.05) is 0 Å². The molecule has 2 aliphatic carbocycles. The minimum Gasteiger partial charge on any atom is -0.489 e. The number of fused-ring (bicyclic) bond motifs is 1. The second-order valence-electron chi connectivity index (χ2n) is 12.2. The van der Waals surface area contributed by atoms with Gasteiger partial charge >= 0.3 is 0 Å². The highest BCUT2D eigenvalue weighted by molar-refractivity contribution is 5.95. The van der Waals surface area contributed by atoms with Crippen LogP contribution < -0.4 is 25.3 Å². The Bertz CT molecular complexity index is 1590. The molecule has 10 nitrogen and oxygen atoms in total. The van der Waals surface area contributed by atoms with Crippen LogP contribution in [0.2, 0.25) is 0 Å². The third kappa shape index (κ3) is 5.81. The highest BCUT2D eigenvalue weighted by atomic mass is 19.1. The van der Waals surface area contributed by atoms with Crippen LogP contribution in [0.1, 0.15) is 61.1 Å². The number of aliphatic hydroxyl groups is 2.